The first-order valence-corrected chi connectivity index (χ1v) is 6.23. The number of hydrogen-bond acceptors (Lipinski definition) is 2. The SMILES string of the molecule is Cc1nn(C)cc1NC1CCC(C)(C)CC1. The van der Waals surface area contributed by atoms with Crippen LogP contribution in [-0.4, -0.2) is 15.8 Å². The van der Waals surface area contributed by atoms with Gasteiger partial charge in [0.15, 0.2) is 0 Å². The number of anilines is 1. The van der Waals surface area contributed by atoms with E-state index in [4.69, 9.17) is 0 Å². The van der Waals surface area contributed by atoms with Crippen LogP contribution in [0.5, 0.6) is 0 Å². The molecule has 0 spiro atoms. The first kappa shape index (κ1) is 11.5. The normalized spacial score (nSPS) is 21.0. The summed E-state index contributed by atoms with van der Waals surface area (Å²) in [6.45, 7) is 6.81. The summed E-state index contributed by atoms with van der Waals surface area (Å²) in [6.07, 6.45) is 7.28. The molecule has 1 fully saturated rings. The molecule has 1 aliphatic rings. The van der Waals surface area contributed by atoms with E-state index in [1.54, 1.807) is 0 Å². The fourth-order valence-corrected chi connectivity index (χ4v) is 2.50. The molecule has 0 amide bonds. The van der Waals surface area contributed by atoms with Crippen LogP contribution in [0.25, 0.3) is 0 Å². The van der Waals surface area contributed by atoms with Crippen molar-refractivity contribution in [2.75, 3.05) is 5.32 Å². The molecule has 2 rings (SSSR count). The molecule has 0 bridgehead atoms. The van der Waals surface area contributed by atoms with E-state index in [0.29, 0.717) is 11.5 Å². The van der Waals surface area contributed by atoms with Crippen molar-refractivity contribution < 1.29 is 0 Å². The van der Waals surface area contributed by atoms with Crippen molar-refractivity contribution >= 4 is 5.69 Å². The maximum absolute atomic E-state index is 4.36. The molecule has 0 saturated heterocycles. The molecule has 1 aromatic heterocycles. The van der Waals surface area contributed by atoms with Crippen molar-refractivity contribution in [3.8, 4) is 0 Å². The van der Waals surface area contributed by atoms with Gasteiger partial charge in [-0.15, -0.1) is 0 Å². The molecule has 0 atom stereocenters. The standard InChI is InChI=1S/C13H23N3/c1-10-12(9-16(4)15-10)14-11-5-7-13(2,3)8-6-11/h9,11,14H,5-8H2,1-4H3. The molecule has 0 radical (unpaired) electrons. The van der Waals surface area contributed by atoms with E-state index in [1.165, 1.54) is 31.4 Å². The largest absolute Gasteiger partial charge is 0.380 e. The van der Waals surface area contributed by atoms with E-state index < -0.39 is 0 Å². The monoisotopic (exact) mass is 221 g/mol. The van der Waals surface area contributed by atoms with Crippen molar-refractivity contribution in [1.82, 2.24) is 9.78 Å². The first-order valence-electron chi connectivity index (χ1n) is 6.23. The lowest BCUT2D eigenvalue weighted by atomic mass is 9.75. The second-order valence-corrected chi connectivity index (χ2v) is 5.88. The van der Waals surface area contributed by atoms with E-state index in [-0.39, 0.29) is 0 Å². The Hall–Kier alpha value is -0.990. The Kier molecular flexibility index (Phi) is 2.96. The van der Waals surface area contributed by atoms with Gasteiger partial charge >= 0.3 is 0 Å². The lowest BCUT2D eigenvalue weighted by molar-refractivity contribution is 0.232. The van der Waals surface area contributed by atoms with Gasteiger partial charge in [-0.2, -0.15) is 5.10 Å². The van der Waals surface area contributed by atoms with Crippen molar-refractivity contribution in [3.05, 3.63) is 11.9 Å². The molecule has 1 heterocycles. The highest BCUT2D eigenvalue weighted by Crippen LogP contribution is 2.36. The third-order valence-corrected chi connectivity index (χ3v) is 3.71. The molecule has 0 aliphatic heterocycles. The molecule has 16 heavy (non-hydrogen) atoms. The summed E-state index contributed by atoms with van der Waals surface area (Å²) in [5.74, 6) is 0. The minimum absolute atomic E-state index is 0.544. The topological polar surface area (TPSA) is 29.9 Å². The van der Waals surface area contributed by atoms with Crippen molar-refractivity contribution in [3.63, 3.8) is 0 Å². The average molecular weight is 221 g/mol. The summed E-state index contributed by atoms with van der Waals surface area (Å²) in [4.78, 5) is 0. The number of aromatic nitrogens is 2. The summed E-state index contributed by atoms with van der Waals surface area (Å²) in [7, 11) is 1.97. The Morgan fingerprint density at radius 3 is 2.50 bits per heavy atom. The average Bonchev–Trinajstić information content (AvgIpc) is 2.49. The Morgan fingerprint density at radius 2 is 2.00 bits per heavy atom. The lowest BCUT2D eigenvalue weighted by Gasteiger charge is -2.34. The highest BCUT2D eigenvalue weighted by atomic mass is 15.3. The molecule has 1 N–H and O–H groups in total. The zero-order valence-corrected chi connectivity index (χ0v) is 10.9. The fraction of sp³-hybridized carbons (Fsp3) is 0.769. The molecular weight excluding hydrogens is 198 g/mol. The molecule has 90 valence electrons. The number of aryl methyl sites for hydroxylation is 2. The minimum atomic E-state index is 0.544. The summed E-state index contributed by atoms with van der Waals surface area (Å²) >= 11 is 0. The third kappa shape index (κ3) is 2.57. The van der Waals surface area contributed by atoms with E-state index >= 15 is 0 Å². The van der Waals surface area contributed by atoms with Crippen molar-refractivity contribution in [2.24, 2.45) is 12.5 Å². The third-order valence-electron chi connectivity index (χ3n) is 3.71. The van der Waals surface area contributed by atoms with E-state index in [0.717, 1.165) is 5.69 Å². The Bertz CT molecular complexity index is 355. The van der Waals surface area contributed by atoms with E-state index in [2.05, 4.69) is 37.4 Å². The maximum atomic E-state index is 4.36. The molecule has 3 nitrogen and oxygen atoms in total. The lowest BCUT2D eigenvalue weighted by Crippen LogP contribution is -2.29. The van der Waals surface area contributed by atoms with Gasteiger partial charge in [-0.25, -0.2) is 0 Å². The Morgan fingerprint density at radius 1 is 1.38 bits per heavy atom. The van der Waals surface area contributed by atoms with Gasteiger partial charge in [-0.1, -0.05) is 13.8 Å². The highest BCUT2D eigenvalue weighted by molar-refractivity contribution is 5.46. The van der Waals surface area contributed by atoms with Crippen LogP contribution < -0.4 is 5.32 Å². The van der Waals surface area contributed by atoms with Crippen LogP contribution in [0.1, 0.15) is 45.2 Å². The van der Waals surface area contributed by atoms with E-state index in [9.17, 15) is 0 Å². The number of nitrogens with one attached hydrogen (secondary N) is 1. The fourth-order valence-electron chi connectivity index (χ4n) is 2.50. The predicted molar refractivity (Wildman–Crippen MR) is 67.6 cm³/mol. The van der Waals surface area contributed by atoms with Gasteiger partial charge in [-0.05, 0) is 38.0 Å². The van der Waals surface area contributed by atoms with Crippen LogP contribution >= 0.6 is 0 Å². The summed E-state index contributed by atoms with van der Waals surface area (Å²) < 4.78 is 1.88. The van der Waals surface area contributed by atoms with Gasteiger partial charge in [0, 0.05) is 19.3 Å². The van der Waals surface area contributed by atoms with E-state index in [1.807, 2.05) is 11.7 Å². The number of hydrogen-bond donors (Lipinski definition) is 1. The van der Waals surface area contributed by atoms with Gasteiger partial charge in [0.05, 0.1) is 11.4 Å². The molecule has 1 aromatic rings. The van der Waals surface area contributed by atoms with Crippen LogP contribution in [-0.2, 0) is 7.05 Å². The molecule has 1 aliphatic carbocycles. The van der Waals surface area contributed by atoms with Gasteiger partial charge in [-0.3, -0.25) is 4.68 Å². The van der Waals surface area contributed by atoms with Gasteiger partial charge < -0.3 is 5.32 Å². The van der Waals surface area contributed by atoms with Gasteiger partial charge in [0.2, 0.25) is 0 Å². The molecular formula is C13H23N3. The van der Waals surface area contributed by atoms with Crippen LogP contribution in [0.4, 0.5) is 5.69 Å². The van der Waals surface area contributed by atoms with Crippen LogP contribution in [0, 0.1) is 12.3 Å². The maximum Gasteiger partial charge on any atom is 0.0825 e. The second-order valence-electron chi connectivity index (χ2n) is 5.88. The number of nitrogens with zero attached hydrogens (tertiary/aromatic N) is 2. The molecule has 0 unspecified atom stereocenters. The molecule has 0 aromatic carbocycles. The number of rotatable bonds is 2. The summed E-state index contributed by atoms with van der Waals surface area (Å²) in [5.41, 5.74) is 2.85. The molecule has 1 saturated carbocycles. The zero-order chi connectivity index (χ0) is 11.8. The molecule has 3 heteroatoms. The van der Waals surface area contributed by atoms with Crippen molar-refractivity contribution in [1.29, 1.82) is 0 Å². The van der Waals surface area contributed by atoms with Crippen LogP contribution in [0.15, 0.2) is 6.20 Å². The smallest absolute Gasteiger partial charge is 0.0825 e. The van der Waals surface area contributed by atoms with Gasteiger partial charge in [0.1, 0.15) is 0 Å². The van der Waals surface area contributed by atoms with Crippen LogP contribution in [0.3, 0.4) is 0 Å². The van der Waals surface area contributed by atoms with Crippen molar-refractivity contribution in [2.45, 2.75) is 52.5 Å². The summed E-state index contributed by atoms with van der Waals surface area (Å²) in [6, 6.07) is 0.635. The quantitative estimate of drug-likeness (QED) is 0.831. The first-order chi connectivity index (χ1) is 7.46. The second kappa shape index (κ2) is 4.11. The van der Waals surface area contributed by atoms with Crippen LogP contribution in [0.2, 0.25) is 0 Å². The highest BCUT2D eigenvalue weighted by Gasteiger charge is 2.26. The van der Waals surface area contributed by atoms with Gasteiger partial charge in [0.25, 0.3) is 0 Å². The Labute approximate surface area is 98.2 Å². The predicted octanol–water partition coefficient (Wildman–Crippen LogP) is 3.11. The zero-order valence-electron chi connectivity index (χ0n) is 10.9. The Balaban J connectivity index is 1.94. The summed E-state index contributed by atoms with van der Waals surface area (Å²) in [5, 5.41) is 7.98. The minimum Gasteiger partial charge on any atom is -0.380 e.